The second-order valence-corrected chi connectivity index (χ2v) is 6.60. The quantitative estimate of drug-likeness (QED) is 0.673. The Hall–Kier alpha value is 0.0449. The van der Waals surface area contributed by atoms with Gasteiger partial charge >= 0.3 is 0 Å². The summed E-state index contributed by atoms with van der Waals surface area (Å²) >= 11 is 1.17. The van der Waals surface area contributed by atoms with Crippen LogP contribution >= 0.6 is 11.8 Å². The van der Waals surface area contributed by atoms with E-state index < -0.39 is 0 Å². The number of hydrogen-bond donors (Lipinski definition) is 0. The molecule has 80 valence electrons. The van der Waals surface area contributed by atoms with Crippen LogP contribution < -0.4 is 0 Å². The normalized spacial score (nSPS) is 12.9. The fourth-order valence-electron chi connectivity index (χ4n) is 0.926. The van der Waals surface area contributed by atoms with Gasteiger partial charge in [-0.15, -0.1) is 0 Å². The van der Waals surface area contributed by atoms with Gasteiger partial charge in [0.1, 0.15) is 5.01 Å². The molecule has 2 radical (unpaired) electrons. The van der Waals surface area contributed by atoms with Crippen LogP contribution in [0.5, 0.6) is 0 Å². The van der Waals surface area contributed by atoms with Crippen molar-refractivity contribution in [3.63, 3.8) is 0 Å². The van der Waals surface area contributed by atoms with Crippen molar-refractivity contribution < 1.29 is 9.53 Å². The number of rotatable bonds is 4. The van der Waals surface area contributed by atoms with Crippen LogP contribution in [-0.2, 0) is 4.74 Å². The summed E-state index contributed by atoms with van der Waals surface area (Å²) in [6.45, 7) is 10.7. The van der Waals surface area contributed by atoms with Crippen molar-refractivity contribution in [1.82, 2.24) is 0 Å². The molecule has 4 heteroatoms. The maximum absolute atomic E-state index is 10.7. The lowest BCUT2D eigenvalue weighted by atomic mass is 10.1. The fraction of sp³-hybridized carbons (Fsp3) is 0.900. The summed E-state index contributed by atoms with van der Waals surface area (Å²) < 4.78 is 5.44. The standard InChI is InChI=1S/C10H19BO2S/c1-9(2,3)13-7-6-10(4,5)14-8(11)12/h6-7H2,1-5H3. The summed E-state index contributed by atoms with van der Waals surface area (Å²) in [5.74, 6) is 0. The lowest BCUT2D eigenvalue weighted by Crippen LogP contribution is -2.25. The van der Waals surface area contributed by atoms with E-state index in [-0.39, 0.29) is 15.4 Å². The van der Waals surface area contributed by atoms with Crippen LogP contribution in [0.3, 0.4) is 0 Å². The number of ether oxygens (including phenoxy) is 1. The Labute approximate surface area is 92.6 Å². The maximum Gasteiger partial charge on any atom is 0.184 e. The summed E-state index contributed by atoms with van der Waals surface area (Å²) in [7, 11) is 5.12. The van der Waals surface area contributed by atoms with Crippen molar-refractivity contribution >= 4 is 24.6 Å². The first-order valence-electron chi connectivity index (χ1n) is 4.75. The van der Waals surface area contributed by atoms with E-state index in [1.807, 2.05) is 34.6 Å². The fourth-order valence-corrected chi connectivity index (χ4v) is 1.66. The molecule has 0 saturated carbocycles. The summed E-state index contributed by atoms with van der Waals surface area (Å²) in [6.07, 6.45) is 0.817. The molecule has 0 bridgehead atoms. The van der Waals surface area contributed by atoms with Gasteiger partial charge in [-0.25, -0.2) is 0 Å². The number of carbonyl (C=O) groups is 1. The average molecular weight is 214 g/mol. The highest BCUT2D eigenvalue weighted by Crippen LogP contribution is 2.28. The molecule has 0 amide bonds. The van der Waals surface area contributed by atoms with Crippen molar-refractivity contribution in [2.75, 3.05) is 6.61 Å². The van der Waals surface area contributed by atoms with Crippen molar-refractivity contribution in [3.8, 4) is 0 Å². The van der Waals surface area contributed by atoms with E-state index in [0.29, 0.717) is 6.61 Å². The maximum atomic E-state index is 10.7. The molecule has 0 rings (SSSR count). The van der Waals surface area contributed by atoms with Crippen molar-refractivity contribution in [2.24, 2.45) is 0 Å². The molecule has 14 heavy (non-hydrogen) atoms. The van der Waals surface area contributed by atoms with Gasteiger partial charge in [0, 0.05) is 11.4 Å². The molecule has 0 aromatic carbocycles. The first kappa shape index (κ1) is 14.0. The second kappa shape index (κ2) is 5.22. The summed E-state index contributed by atoms with van der Waals surface area (Å²) in [5, 5.41) is -0.328. The summed E-state index contributed by atoms with van der Waals surface area (Å²) in [6, 6.07) is 0. The number of thioether (sulfide) groups is 1. The van der Waals surface area contributed by atoms with Crippen molar-refractivity contribution in [3.05, 3.63) is 0 Å². The van der Waals surface area contributed by atoms with Crippen LogP contribution in [-0.4, -0.2) is 29.8 Å². The zero-order valence-corrected chi connectivity index (χ0v) is 10.5. The lowest BCUT2D eigenvalue weighted by Gasteiger charge is -2.26. The molecule has 0 aromatic heterocycles. The summed E-state index contributed by atoms with van der Waals surface area (Å²) in [5.41, 5.74) is -0.118. The Morgan fingerprint density at radius 3 is 2.14 bits per heavy atom. The highest BCUT2D eigenvalue weighted by Gasteiger charge is 2.21. The molecule has 0 N–H and O–H groups in total. The number of carbonyl (C=O) groups excluding carboxylic acids is 1. The monoisotopic (exact) mass is 214 g/mol. The van der Waals surface area contributed by atoms with Crippen LogP contribution in [0, 0.1) is 0 Å². The number of hydrogen-bond acceptors (Lipinski definition) is 3. The minimum atomic E-state index is -0.328. The predicted molar refractivity (Wildman–Crippen MR) is 63.1 cm³/mol. The Kier molecular flexibility index (Phi) is 5.23. The zero-order valence-electron chi connectivity index (χ0n) is 9.72. The van der Waals surface area contributed by atoms with Gasteiger partial charge in [-0.2, -0.15) is 0 Å². The van der Waals surface area contributed by atoms with Gasteiger partial charge in [-0.3, -0.25) is 0 Å². The van der Waals surface area contributed by atoms with E-state index >= 15 is 0 Å². The molecule has 0 atom stereocenters. The minimum absolute atomic E-state index is 0.118. The van der Waals surface area contributed by atoms with Crippen molar-refractivity contribution in [2.45, 2.75) is 51.4 Å². The Morgan fingerprint density at radius 2 is 1.79 bits per heavy atom. The second-order valence-electron chi connectivity index (χ2n) is 4.89. The van der Waals surface area contributed by atoms with Crippen LogP contribution in [0.2, 0.25) is 0 Å². The van der Waals surface area contributed by atoms with Crippen LogP contribution in [0.15, 0.2) is 0 Å². The van der Waals surface area contributed by atoms with Gasteiger partial charge in [-0.05, 0) is 27.2 Å². The van der Waals surface area contributed by atoms with Gasteiger partial charge in [0.25, 0.3) is 0 Å². The molecule has 0 aromatic rings. The molecule has 0 unspecified atom stereocenters. The topological polar surface area (TPSA) is 26.3 Å². The third-order valence-electron chi connectivity index (χ3n) is 1.62. The minimum Gasteiger partial charge on any atom is -0.376 e. The third kappa shape index (κ3) is 8.63. The molecule has 0 aliphatic rings. The SMILES string of the molecule is [B]C(=O)SC(C)(C)CCOC(C)(C)C. The highest BCUT2D eigenvalue weighted by atomic mass is 32.2. The van der Waals surface area contributed by atoms with Crippen molar-refractivity contribution in [1.29, 1.82) is 0 Å². The van der Waals surface area contributed by atoms with Gasteiger partial charge in [-0.1, -0.05) is 25.6 Å². The zero-order chi connectivity index (χ0) is 11.4. The van der Waals surface area contributed by atoms with E-state index in [0.717, 1.165) is 6.42 Å². The van der Waals surface area contributed by atoms with Gasteiger partial charge in [0.05, 0.1) is 5.60 Å². The molecular weight excluding hydrogens is 195 g/mol. The largest absolute Gasteiger partial charge is 0.376 e. The molecule has 0 aliphatic heterocycles. The van der Waals surface area contributed by atoms with Crippen LogP contribution in [0.25, 0.3) is 0 Å². The highest BCUT2D eigenvalue weighted by molar-refractivity contribution is 8.17. The lowest BCUT2D eigenvalue weighted by molar-refractivity contribution is -0.00619. The Balaban J connectivity index is 3.82. The molecule has 0 spiro atoms. The Morgan fingerprint density at radius 1 is 1.29 bits per heavy atom. The third-order valence-corrected chi connectivity index (χ3v) is 2.57. The molecule has 2 nitrogen and oxygen atoms in total. The smallest absolute Gasteiger partial charge is 0.184 e. The van der Waals surface area contributed by atoms with E-state index in [9.17, 15) is 4.79 Å². The predicted octanol–water partition coefficient (Wildman–Crippen LogP) is 2.99. The van der Waals surface area contributed by atoms with Gasteiger partial charge in [0.15, 0.2) is 7.85 Å². The Bertz CT molecular complexity index is 197. The molecule has 0 heterocycles. The van der Waals surface area contributed by atoms with Crippen LogP contribution in [0.4, 0.5) is 4.79 Å². The van der Waals surface area contributed by atoms with Crippen LogP contribution in [0.1, 0.15) is 41.0 Å². The van der Waals surface area contributed by atoms with E-state index in [2.05, 4.69) is 0 Å². The molecular formula is C10H19BO2S. The average Bonchev–Trinajstić information content (AvgIpc) is 1.78. The first-order valence-corrected chi connectivity index (χ1v) is 5.56. The molecule has 0 fully saturated rings. The van der Waals surface area contributed by atoms with E-state index in [4.69, 9.17) is 12.6 Å². The van der Waals surface area contributed by atoms with E-state index in [1.165, 1.54) is 11.8 Å². The van der Waals surface area contributed by atoms with E-state index in [1.54, 1.807) is 0 Å². The molecule has 0 saturated heterocycles. The van der Waals surface area contributed by atoms with Gasteiger partial charge < -0.3 is 9.53 Å². The first-order chi connectivity index (χ1) is 6.12. The van der Waals surface area contributed by atoms with Gasteiger partial charge in [0.2, 0.25) is 0 Å². The summed E-state index contributed by atoms with van der Waals surface area (Å²) in [4.78, 5) is 10.7. The molecule has 0 aliphatic carbocycles.